The third-order valence-corrected chi connectivity index (χ3v) is 4.55. The molecule has 3 N–H and O–H groups in total. The first-order chi connectivity index (χ1) is 14.2. The molecule has 13 heteroatoms. The summed E-state index contributed by atoms with van der Waals surface area (Å²) in [7, 11) is 1.44. The van der Waals surface area contributed by atoms with Crippen molar-refractivity contribution in [2.75, 3.05) is 11.9 Å². The quantitative estimate of drug-likeness (QED) is 0.509. The number of H-pyrrole nitrogens is 1. The van der Waals surface area contributed by atoms with Crippen molar-refractivity contribution >= 4 is 34.8 Å². The average molecular weight is 456 g/mol. The van der Waals surface area contributed by atoms with Gasteiger partial charge in [0.05, 0.1) is 10.0 Å². The van der Waals surface area contributed by atoms with Gasteiger partial charge >= 0.3 is 5.76 Å². The number of amides is 1. The third kappa shape index (κ3) is 4.53. The van der Waals surface area contributed by atoms with E-state index >= 15 is 0 Å². The van der Waals surface area contributed by atoms with E-state index in [1.165, 1.54) is 25.2 Å². The number of aliphatic hydroxyl groups excluding tert-OH is 1. The van der Waals surface area contributed by atoms with Gasteiger partial charge in [0.2, 0.25) is 11.7 Å². The number of hydrogen-bond acceptors (Lipinski definition) is 8. The van der Waals surface area contributed by atoms with Gasteiger partial charge in [-0.15, -0.1) is 5.10 Å². The van der Waals surface area contributed by atoms with Crippen LogP contribution in [0.25, 0.3) is 0 Å². The maximum atomic E-state index is 12.2. The number of nitrogens with one attached hydrogen (secondary N) is 2. The largest absolute Gasteiger partial charge is 0.439 e. The normalized spacial score (nSPS) is 11.9. The molecule has 0 fully saturated rings. The van der Waals surface area contributed by atoms with Crippen LogP contribution in [0.1, 0.15) is 29.0 Å². The molecule has 158 valence electrons. The highest BCUT2D eigenvalue weighted by atomic mass is 35.5. The van der Waals surface area contributed by atoms with Crippen LogP contribution in [0.15, 0.2) is 32.3 Å². The number of anilines is 1. The van der Waals surface area contributed by atoms with Crippen LogP contribution in [0.5, 0.6) is 11.6 Å². The van der Waals surface area contributed by atoms with Crippen molar-refractivity contribution in [1.29, 1.82) is 0 Å². The Morgan fingerprint density at radius 2 is 2.00 bits per heavy atom. The standard InChI is InChI=1S/C17H15Cl2N5O6/c1-7(6-25)9-5-12(22-24(2)16(9)27)29-13-10(18)3-8(4-11(13)19)20-15(26)14-21-17(28)30-23-14/h3-5,7,25H,6H2,1-2H3,(H,20,26)(H,21,23,28). The predicted molar refractivity (Wildman–Crippen MR) is 107 cm³/mol. The van der Waals surface area contributed by atoms with Crippen molar-refractivity contribution in [1.82, 2.24) is 19.9 Å². The van der Waals surface area contributed by atoms with Gasteiger partial charge in [-0.3, -0.25) is 19.1 Å². The number of aliphatic hydroxyl groups is 1. The number of carbonyl (C=O) groups is 1. The van der Waals surface area contributed by atoms with E-state index in [9.17, 15) is 19.5 Å². The highest BCUT2D eigenvalue weighted by molar-refractivity contribution is 6.37. The lowest BCUT2D eigenvalue weighted by Gasteiger charge is -2.14. The van der Waals surface area contributed by atoms with Gasteiger partial charge in [0.15, 0.2) is 5.75 Å². The summed E-state index contributed by atoms with van der Waals surface area (Å²) in [6, 6.07) is 4.11. The highest BCUT2D eigenvalue weighted by Crippen LogP contribution is 2.38. The van der Waals surface area contributed by atoms with Gasteiger partial charge in [0.1, 0.15) is 0 Å². The van der Waals surface area contributed by atoms with Gasteiger partial charge in [0.25, 0.3) is 11.5 Å². The molecule has 0 spiro atoms. The van der Waals surface area contributed by atoms with Crippen LogP contribution in [-0.4, -0.2) is 37.5 Å². The zero-order valence-electron chi connectivity index (χ0n) is 15.6. The van der Waals surface area contributed by atoms with Crippen molar-refractivity contribution in [2.45, 2.75) is 12.8 Å². The second-order valence-corrected chi connectivity index (χ2v) is 7.03. The zero-order chi connectivity index (χ0) is 22.0. The summed E-state index contributed by atoms with van der Waals surface area (Å²) in [6.45, 7) is 1.45. The Balaban J connectivity index is 1.88. The number of hydrogen-bond donors (Lipinski definition) is 3. The molecule has 1 aromatic carbocycles. The van der Waals surface area contributed by atoms with Crippen LogP contribution in [0.2, 0.25) is 10.0 Å². The number of rotatable bonds is 6. The summed E-state index contributed by atoms with van der Waals surface area (Å²) in [5, 5.41) is 19.1. The zero-order valence-corrected chi connectivity index (χ0v) is 17.1. The molecule has 1 atom stereocenters. The molecule has 0 aliphatic heterocycles. The molecule has 2 heterocycles. The Labute approximate surface area is 178 Å². The number of nitrogens with zero attached hydrogens (tertiary/aromatic N) is 3. The minimum Gasteiger partial charge on any atom is -0.434 e. The number of ether oxygens (including phenoxy) is 1. The second-order valence-electron chi connectivity index (χ2n) is 6.22. The van der Waals surface area contributed by atoms with E-state index in [-0.39, 0.29) is 45.4 Å². The molecule has 0 radical (unpaired) electrons. The Hall–Kier alpha value is -3.15. The molecular formula is C17H15Cl2N5O6. The molecule has 0 bridgehead atoms. The minimum atomic E-state index is -0.875. The van der Waals surface area contributed by atoms with Crippen LogP contribution in [0.3, 0.4) is 0 Å². The Morgan fingerprint density at radius 1 is 1.33 bits per heavy atom. The van der Waals surface area contributed by atoms with Gasteiger partial charge in [0, 0.05) is 36.9 Å². The smallest absolute Gasteiger partial charge is 0.434 e. The van der Waals surface area contributed by atoms with Crippen molar-refractivity contribution < 1.29 is 19.2 Å². The molecule has 0 saturated heterocycles. The highest BCUT2D eigenvalue weighted by Gasteiger charge is 2.18. The van der Waals surface area contributed by atoms with Crippen LogP contribution >= 0.6 is 23.2 Å². The average Bonchev–Trinajstić information content (AvgIpc) is 3.13. The summed E-state index contributed by atoms with van der Waals surface area (Å²) < 4.78 is 11.0. The molecular weight excluding hydrogens is 441 g/mol. The van der Waals surface area contributed by atoms with E-state index in [4.69, 9.17) is 27.9 Å². The third-order valence-electron chi connectivity index (χ3n) is 3.99. The van der Waals surface area contributed by atoms with Crippen LogP contribution in [-0.2, 0) is 7.05 Å². The van der Waals surface area contributed by atoms with E-state index in [1.54, 1.807) is 6.92 Å². The fourth-order valence-electron chi connectivity index (χ4n) is 2.46. The first-order valence-corrected chi connectivity index (χ1v) is 9.18. The Morgan fingerprint density at radius 3 is 2.57 bits per heavy atom. The molecule has 2 aromatic heterocycles. The number of carbonyl (C=O) groups excluding carboxylic acids is 1. The number of aryl methyl sites for hydroxylation is 1. The summed E-state index contributed by atoms with van der Waals surface area (Å²) in [5.74, 6) is -2.30. The summed E-state index contributed by atoms with van der Waals surface area (Å²) >= 11 is 12.5. The maximum Gasteiger partial charge on any atom is 0.439 e. The Bertz CT molecular complexity index is 1190. The van der Waals surface area contributed by atoms with Gasteiger partial charge < -0.3 is 15.2 Å². The molecule has 30 heavy (non-hydrogen) atoms. The topological polar surface area (TPSA) is 152 Å². The molecule has 11 nitrogen and oxygen atoms in total. The number of halogens is 2. The van der Waals surface area contributed by atoms with Crippen molar-refractivity contribution in [3.8, 4) is 11.6 Å². The van der Waals surface area contributed by atoms with Crippen molar-refractivity contribution in [2.24, 2.45) is 7.05 Å². The van der Waals surface area contributed by atoms with Crippen molar-refractivity contribution in [3.63, 3.8) is 0 Å². The number of aromatic nitrogens is 4. The lowest BCUT2D eigenvalue weighted by atomic mass is 10.1. The van der Waals surface area contributed by atoms with E-state index in [0.29, 0.717) is 5.56 Å². The lowest BCUT2D eigenvalue weighted by molar-refractivity contribution is 0.101. The molecule has 0 saturated carbocycles. The van der Waals surface area contributed by atoms with E-state index in [0.717, 1.165) is 4.68 Å². The molecule has 0 aliphatic carbocycles. The summed E-state index contributed by atoms with van der Waals surface area (Å²) in [5.41, 5.74) is 0.141. The van der Waals surface area contributed by atoms with Gasteiger partial charge in [-0.25, -0.2) is 9.48 Å². The first kappa shape index (κ1) is 21.6. The van der Waals surface area contributed by atoms with E-state index in [1.807, 2.05) is 0 Å². The minimum absolute atomic E-state index is 0.0353. The lowest BCUT2D eigenvalue weighted by Crippen LogP contribution is -2.25. The first-order valence-electron chi connectivity index (χ1n) is 8.43. The predicted octanol–water partition coefficient (Wildman–Crippen LogP) is 1.90. The number of benzene rings is 1. The molecule has 1 amide bonds. The van der Waals surface area contributed by atoms with Gasteiger partial charge in [-0.2, -0.15) is 0 Å². The monoisotopic (exact) mass is 455 g/mol. The van der Waals surface area contributed by atoms with Crippen LogP contribution < -0.4 is 21.4 Å². The Kier molecular flexibility index (Phi) is 6.25. The van der Waals surface area contributed by atoms with Gasteiger partial charge in [-0.1, -0.05) is 30.1 Å². The van der Waals surface area contributed by atoms with E-state index in [2.05, 4.69) is 25.1 Å². The second kappa shape index (κ2) is 8.69. The van der Waals surface area contributed by atoms with Gasteiger partial charge in [-0.05, 0) is 17.3 Å². The van der Waals surface area contributed by atoms with Crippen LogP contribution in [0, 0.1) is 0 Å². The van der Waals surface area contributed by atoms with E-state index < -0.39 is 17.6 Å². The fraction of sp³-hybridized carbons (Fsp3) is 0.235. The van der Waals surface area contributed by atoms with Crippen molar-refractivity contribution in [3.05, 3.63) is 60.5 Å². The van der Waals surface area contributed by atoms with Crippen LogP contribution in [0.4, 0.5) is 5.69 Å². The maximum absolute atomic E-state index is 12.2. The number of aromatic amines is 1. The fourth-order valence-corrected chi connectivity index (χ4v) is 3.02. The SMILES string of the molecule is CC(CO)c1cc(Oc2c(Cl)cc(NC(=O)c3noc(=O)[nH]3)cc2Cl)nn(C)c1=O. The summed E-state index contributed by atoms with van der Waals surface area (Å²) in [4.78, 5) is 37.3. The molecule has 1 unspecified atom stereocenters. The molecule has 3 aromatic rings. The molecule has 0 aliphatic rings. The molecule has 3 rings (SSSR count). The summed E-state index contributed by atoms with van der Waals surface area (Å²) in [6.07, 6.45) is 0.